The molecule has 4 rings (SSSR count). The van der Waals surface area contributed by atoms with Gasteiger partial charge in [-0.25, -0.2) is 0 Å². The lowest BCUT2D eigenvalue weighted by Gasteiger charge is -2.60. The van der Waals surface area contributed by atoms with Crippen LogP contribution in [-0.2, 0) is 4.79 Å². The van der Waals surface area contributed by atoms with Crippen LogP contribution in [0.2, 0.25) is 0 Å². The van der Waals surface area contributed by atoms with Crippen molar-refractivity contribution in [2.24, 2.45) is 11.3 Å². The molecule has 1 saturated heterocycles. The van der Waals surface area contributed by atoms with Crippen molar-refractivity contribution in [3.63, 3.8) is 0 Å². The topological polar surface area (TPSA) is 20.3 Å². The van der Waals surface area contributed by atoms with Crippen molar-refractivity contribution in [1.29, 1.82) is 0 Å². The molecule has 1 aliphatic heterocycles. The monoisotopic (exact) mass is 259 g/mol. The zero-order valence-corrected chi connectivity index (χ0v) is 12.1. The molecule has 0 N–H and O–H groups in total. The number of rotatable bonds is 0. The van der Waals surface area contributed by atoms with Gasteiger partial charge in [0.15, 0.2) is 0 Å². The first kappa shape index (κ1) is 12.1. The molecule has 104 valence electrons. The second kappa shape index (κ2) is 4.18. The fraction of sp³-hybridized carbons (Fsp3) is 0.824. The smallest absolute Gasteiger partial charge is 0.137 e. The van der Waals surface area contributed by atoms with Crippen LogP contribution < -0.4 is 0 Å². The third-order valence-corrected chi connectivity index (χ3v) is 6.60. The third-order valence-electron chi connectivity index (χ3n) is 6.60. The first-order valence-corrected chi connectivity index (χ1v) is 8.14. The lowest BCUT2D eigenvalue weighted by molar-refractivity contribution is -0.120. The highest BCUT2D eigenvalue weighted by Gasteiger charge is 2.54. The van der Waals surface area contributed by atoms with Gasteiger partial charge in [-0.2, -0.15) is 0 Å². The van der Waals surface area contributed by atoms with Crippen LogP contribution in [-0.4, -0.2) is 30.3 Å². The number of Topliss-reactive ketones (excluding diaryl/α,β-unsaturated/α-hetero) is 1. The minimum Gasteiger partial charge on any atom is -0.303 e. The molecule has 0 aromatic rings. The van der Waals surface area contributed by atoms with E-state index >= 15 is 0 Å². The Kier molecular flexibility index (Phi) is 2.67. The maximum atomic E-state index is 12.0. The van der Waals surface area contributed by atoms with Crippen molar-refractivity contribution in [1.82, 2.24) is 4.90 Å². The Hall–Kier alpha value is -0.630. The Labute approximate surface area is 116 Å². The summed E-state index contributed by atoms with van der Waals surface area (Å²) in [6.45, 7) is 1.24. The first-order valence-electron chi connectivity index (χ1n) is 8.14. The molecule has 2 nitrogen and oxygen atoms in total. The summed E-state index contributed by atoms with van der Waals surface area (Å²) in [5.74, 6) is 1.36. The highest BCUT2D eigenvalue weighted by Crippen LogP contribution is 2.60. The van der Waals surface area contributed by atoms with E-state index in [0.29, 0.717) is 11.2 Å². The summed E-state index contributed by atoms with van der Waals surface area (Å²) in [7, 11) is 2.32. The van der Waals surface area contributed by atoms with Crippen LogP contribution in [0.5, 0.6) is 0 Å². The van der Waals surface area contributed by atoms with Crippen molar-refractivity contribution < 1.29 is 4.79 Å². The highest BCUT2D eigenvalue weighted by atomic mass is 16.1. The van der Waals surface area contributed by atoms with Crippen molar-refractivity contribution >= 4 is 5.78 Å². The normalized spacial score (nSPS) is 42.9. The van der Waals surface area contributed by atoms with Gasteiger partial charge in [0, 0.05) is 18.9 Å². The molecule has 4 aliphatic rings. The molecular weight excluding hydrogens is 234 g/mol. The Balaban J connectivity index is 1.82. The van der Waals surface area contributed by atoms with Crippen molar-refractivity contribution in [3.05, 3.63) is 11.1 Å². The van der Waals surface area contributed by atoms with E-state index in [1.807, 2.05) is 0 Å². The first-order chi connectivity index (χ1) is 9.21. The Morgan fingerprint density at radius 2 is 2.11 bits per heavy atom. The van der Waals surface area contributed by atoms with Gasteiger partial charge in [-0.05, 0) is 57.0 Å². The van der Waals surface area contributed by atoms with E-state index in [-0.39, 0.29) is 0 Å². The minimum atomic E-state index is 0.444. The van der Waals surface area contributed by atoms with Gasteiger partial charge in [0.2, 0.25) is 0 Å². The number of hydrogen-bond acceptors (Lipinski definition) is 2. The number of carbonyl (C=O) groups excluding carboxylic acids is 1. The SMILES string of the molecule is CN1CC[C@]23CCCC[C@H]2[C@H]1CC1=C3CC(=O)CC1. The molecule has 0 aromatic carbocycles. The molecule has 0 radical (unpaired) electrons. The average Bonchev–Trinajstić information content (AvgIpc) is 2.43. The standard InChI is InChI=1S/C17H25NO/c1-18-9-8-17-7-3-2-4-14(17)16(18)10-12-5-6-13(19)11-15(12)17/h14,16H,2-11H2,1H3/t14-,16+,17+/m0/s1. The molecule has 1 saturated carbocycles. The summed E-state index contributed by atoms with van der Waals surface area (Å²) >= 11 is 0. The summed E-state index contributed by atoms with van der Waals surface area (Å²) in [5, 5.41) is 0. The molecule has 1 heterocycles. The largest absolute Gasteiger partial charge is 0.303 e. The van der Waals surface area contributed by atoms with Gasteiger partial charge in [-0.15, -0.1) is 0 Å². The molecular formula is C17H25NO. The Morgan fingerprint density at radius 1 is 1.21 bits per heavy atom. The summed E-state index contributed by atoms with van der Waals surface area (Å²) in [5.41, 5.74) is 3.77. The summed E-state index contributed by atoms with van der Waals surface area (Å²) < 4.78 is 0. The number of likely N-dealkylation sites (tertiary alicyclic amines) is 1. The fourth-order valence-corrected chi connectivity index (χ4v) is 5.67. The Morgan fingerprint density at radius 3 is 3.00 bits per heavy atom. The zero-order valence-electron chi connectivity index (χ0n) is 12.1. The number of allylic oxidation sites excluding steroid dienone is 1. The van der Waals surface area contributed by atoms with Gasteiger partial charge in [0.25, 0.3) is 0 Å². The van der Waals surface area contributed by atoms with Crippen LogP contribution in [0.3, 0.4) is 0 Å². The summed E-state index contributed by atoms with van der Waals surface area (Å²) in [6, 6.07) is 0.779. The number of ketones is 1. The molecule has 3 atom stereocenters. The summed E-state index contributed by atoms with van der Waals surface area (Å²) in [4.78, 5) is 14.6. The van der Waals surface area contributed by atoms with Gasteiger partial charge in [-0.1, -0.05) is 24.0 Å². The van der Waals surface area contributed by atoms with Crippen LogP contribution in [0.25, 0.3) is 0 Å². The molecule has 2 bridgehead atoms. The van der Waals surface area contributed by atoms with Crippen LogP contribution in [0.1, 0.15) is 57.8 Å². The molecule has 0 spiro atoms. The van der Waals surface area contributed by atoms with Gasteiger partial charge in [0.1, 0.15) is 5.78 Å². The highest BCUT2D eigenvalue weighted by molar-refractivity contribution is 5.83. The van der Waals surface area contributed by atoms with E-state index in [1.165, 1.54) is 45.1 Å². The molecule has 0 unspecified atom stereocenters. The molecule has 2 fully saturated rings. The van der Waals surface area contributed by atoms with Crippen LogP contribution in [0.15, 0.2) is 11.1 Å². The third kappa shape index (κ3) is 1.62. The molecule has 3 aliphatic carbocycles. The van der Waals surface area contributed by atoms with Crippen LogP contribution in [0.4, 0.5) is 0 Å². The Bertz CT molecular complexity index is 452. The average molecular weight is 259 g/mol. The molecule has 2 heteroatoms. The van der Waals surface area contributed by atoms with Gasteiger partial charge < -0.3 is 4.90 Å². The predicted octanol–water partition coefficient (Wildman–Crippen LogP) is 3.32. The fourth-order valence-electron chi connectivity index (χ4n) is 5.67. The maximum Gasteiger partial charge on any atom is 0.137 e. The van der Waals surface area contributed by atoms with E-state index in [0.717, 1.165) is 31.2 Å². The van der Waals surface area contributed by atoms with E-state index in [4.69, 9.17) is 0 Å². The van der Waals surface area contributed by atoms with Crippen LogP contribution >= 0.6 is 0 Å². The number of hydrogen-bond donors (Lipinski definition) is 0. The lowest BCUT2D eigenvalue weighted by atomic mass is 9.50. The van der Waals surface area contributed by atoms with Crippen molar-refractivity contribution in [3.8, 4) is 0 Å². The molecule has 19 heavy (non-hydrogen) atoms. The van der Waals surface area contributed by atoms with Crippen LogP contribution in [0, 0.1) is 11.3 Å². The van der Waals surface area contributed by atoms with E-state index in [2.05, 4.69) is 11.9 Å². The van der Waals surface area contributed by atoms with E-state index < -0.39 is 0 Å². The van der Waals surface area contributed by atoms with Gasteiger partial charge >= 0.3 is 0 Å². The summed E-state index contributed by atoms with van der Waals surface area (Å²) in [6.07, 6.45) is 10.9. The number of carbonyl (C=O) groups is 1. The van der Waals surface area contributed by atoms with Crippen molar-refractivity contribution in [2.45, 2.75) is 63.8 Å². The maximum absolute atomic E-state index is 12.0. The zero-order chi connectivity index (χ0) is 13.0. The second-order valence-electron chi connectivity index (χ2n) is 7.31. The van der Waals surface area contributed by atoms with Crippen molar-refractivity contribution in [2.75, 3.05) is 13.6 Å². The van der Waals surface area contributed by atoms with Gasteiger partial charge in [0.05, 0.1) is 0 Å². The van der Waals surface area contributed by atoms with E-state index in [9.17, 15) is 4.79 Å². The lowest BCUT2D eigenvalue weighted by Crippen LogP contribution is -2.58. The predicted molar refractivity (Wildman–Crippen MR) is 75.9 cm³/mol. The quantitative estimate of drug-likeness (QED) is 0.622. The number of nitrogens with zero attached hydrogens (tertiary/aromatic N) is 1. The van der Waals surface area contributed by atoms with Gasteiger partial charge in [-0.3, -0.25) is 4.79 Å². The molecule has 0 amide bonds. The van der Waals surface area contributed by atoms with E-state index in [1.54, 1.807) is 11.1 Å². The minimum absolute atomic E-state index is 0.444. The number of piperidine rings is 1. The second-order valence-corrected chi connectivity index (χ2v) is 7.31. The molecule has 0 aromatic heterocycles.